The molecule has 1 aliphatic rings. The highest BCUT2D eigenvalue weighted by Crippen LogP contribution is 2.34. The lowest BCUT2D eigenvalue weighted by molar-refractivity contribution is -0.137. The Labute approximate surface area is 111 Å². The van der Waals surface area contributed by atoms with Crippen LogP contribution in [-0.2, 0) is 11.7 Å². The van der Waals surface area contributed by atoms with Gasteiger partial charge in [-0.1, -0.05) is 12.1 Å². The van der Waals surface area contributed by atoms with Gasteiger partial charge >= 0.3 is 6.18 Å². The SMILES string of the molecule is CC(C)(c1cccc(C(F)(F)F)c1)N1CCNCC1. The quantitative estimate of drug-likeness (QED) is 0.890. The van der Waals surface area contributed by atoms with Crippen molar-refractivity contribution in [2.24, 2.45) is 0 Å². The fraction of sp³-hybridized carbons (Fsp3) is 0.571. The fourth-order valence-corrected chi connectivity index (χ4v) is 2.48. The fourth-order valence-electron chi connectivity index (χ4n) is 2.48. The predicted molar refractivity (Wildman–Crippen MR) is 68.9 cm³/mol. The summed E-state index contributed by atoms with van der Waals surface area (Å²) in [5, 5.41) is 3.25. The highest BCUT2D eigenvalue weighted by atomic mass is 19.4. The van der Waals surface area contributed by atoms with Crippen LogP contribution in [0.1, 0.15) is 25.0 Å². The van der Waals surface area contributed by atoms with E-state index >= 15 is 0 Å². The first-order valence-corrected chi connectivity index (χ1v) is 6.45. The van der Waals surface area contributed by atoms with Crippen molar-refractivity contribution < 1.29 is 13.2 Å². The number of hydrogen-bond acceptors (Lipinski definition) is 2. The van der Waals surface area contributed by atoms with Crippen molar-refractivity contribution in [2.75, 3.05) is 26.2 Å². The average molecular weight is 272 g/mol. The molecule has 1 fully saturated rings. The summed E-state index contributed by atoms with van der Waals surface area (Å²) in [5.74, 6) is 0. The van der Waals surface area contributed by atoms with Gasteiger partial charge in [-0.3, -0.25) is 4.90 Å². The molecule has 1 heterocycles. The van der Waals surface area contributed by atoms with Gasteiger partial charge in [-0.25, -0.2) is 0 Å². The molecule has 0 saturated carbocycles. The highest BCUT2D eigenvalue weighted by molar-refractivity contribution is 5.30. The van der Waals surface area contributed by atoms with Crippen LogP contribution in [0, 0.1) is 0 Å². The monoisotopic (exact) mass is 272 g/mol. The molecule has 19 heavy (non-hydrogen) atoms. The molecule has 0 unspecified atom stereocenters. The van der Waals surface area contributed by atoms with E-state index in [0.717, 1.165) is 32.2 Å². The minimum Gasteiger partial charge on any atom is -0.314 e. The molecule has 1 aromatic carbocycles. The van der Waals surface area contributed by atoms with E-state index in [2.05, 4.69) is 10.2 Å². The second-order valence-corrected chi connectivity index (χ2v) is 5.37. The Morgan fingerprint density at radius 3 is 2.21 bits per heavy atom. The molecular formula is C14H19F3N2. The van der Waals surface area contributed by atoms with E-state index in [0.29, 0.717) is 5.56 Å². The first-order valence-electron chi connectivity index (χ1n) is 6.45. The van der Waals surface area contributed by atoms with Crippen molar-refractivity contribution in [3.05, 3.63) is 35.4 Å². The van der Waals surface area contributed by atoms with Crippen molar-refractivity contribution in [1.82, 2.24) is 10.2 Å². The molecule has 2 nitrogen and oxygen atoms in total. The zero-order chi connectivity index (χ0) is 14.1. The summed E-state index contributed by atoms with van der Waals surface area (Å²) in [6, 6.07) is 5.65. The lowest BCUT2D eigenvalue weighted by Crippen LogP contribution is -2.51. The normalized spacial score (nSPS) is 18.6. The number of alkyl halides is 3. The van der Waals surface area contributed by atoms with E-state index in [-0.39, 0.29) is 5.54 Å². The van der Waals surface area contributed by atoms with Crippen LogP contribution in [0.2, 0.25) is 0 Å². The molecule has 0 atom stereocenters. The van der Waals surface area contributed by atoms with Crippen LogP contribution in [-0.4, -0.2) is 31.1 Å². The number of rotatable bonds is 2. The number of halogens is 3. The summed E-state index contributed by atoms with van der Waals surface area (Å²) in [5.41, 5.74) is -0.249. The van der Waals surface area contributed by atoms with Crippen molar-refractivity contribution in [1.29, 1.82) is 0 Å². The zero-order valence-corrected chi connectivity index (χ0v) is 11.2. The number of hydrogen-bond donors (Lipinski definition) is 1. The Morgan fingerprint density at radius 2 is 1.63 bits per heavy atom. The summed E-state index contributed by atoms with van der Waals surface area (Å²) in [4.78, 5) is 2.22. The number of benzene rings is 1. The molecule has 5 heteroatoms. The standard InChI is InChI=1S/C14H19F3N2/c1-13(2,19-8-6-18-7-9-19)11-4-3-5-12(10-11)14(15,16)17/h3-5,10,18H,6-9H2,1-2H3. The van der Waals surface area contributed by atoms with E-state index < -0.39 is 11.7 Å². The molecule has 0 radical (unpaired) electrons. The number of piperazine rings is 1. The van der Waals surface area contributed by atoms with Gasteiger partial charge in [0.25, 0.3) is 0 Å². The van der Waals surface area contributed by atoms with Gasteiger partial charge < -0.3 is 5.32 Å². The van der Waals surface area contributed by atoms with Gasteiger partial charge in [-0.15, -0.1) is 0 Å². The maximum absolute atomic E-state index is 12.8. The van der Waals surface area contributed by atoms with Gasteiger partial charge in [0.05, 0.1) is 5.56 Å². The van der Waals surface area contributed by atoms with Gasteiger partial charge in [0.1, 0.15) is 0 Å². The summed E-state index contributed by atoms with van der Waals surface area (Å²) >= 11 is 0. The lowest BCUT2D eigenvalue weighted by Gasteiger charge is -2.41. The molecule has 2 rings (SSSR count). The van der Waals surface area contributed by atoms with Crippen LogP contribution in [0.5, 0.6) is 0 Å². The molecule has 0 aliphatic carbocycles. The summed E-state index contributed by atoms with van der Waals surface area (Å²) in [6.45, 7) is 7.42. The Hall–Kier alpha value is -1.07. The van der Waals surface area contributed by atoms with Crippen LogP contribution in [0.15, 0.2) is 24.3 Å². The highest BCUT2D eigenvalue weighted by Gasteiger charge is 2.34. The van der Waals surface area contributed by atoms with E-state index in [1.807, 2.05) is 13.8 Å². The third kappa shape index (κ3) is 3.09. The first-order chi connectivity index (χ1) is 8.82. The molecule has 1 N–H and O–H groups in total. The van der Waals surface area contributed by atoms with Gasteiger partial charge in [0.2, 0.25) is 0 Å². The molecule has 0 bridgehead atoms. The minimum absolute atomic E-state index is 0.386. The second-order valence-electron chi connectivity index (χ2n) is 5.37. The minimum atomic E-state index is -4.28. The van der Waals surface area contributed by atoms with Gasteiger partial charge in [0.15, 0.2) is 0 Å². The Morgan fingerprint density at radius 1 is 1.05 bits per heavy atom. The van der Waals surface area contributed by atoms with Crippen molar-refractivity contribution in [3.8, 4) is 0 Å². The molecule has 0 amide bonds. The van der Waals surface area contributed by atoms with Crippen molar-refractivity contribution in [3.63, 3.8) is 0 Å². The van der Waals surface area contributed by atoms with E-state index in [9.17, 15) is 13.2 Å². The lowest BCUT2D eigenvalue weighted by atomic mass is 9.90. The molecule has 0 aromatic heterocycles. The third-order valence-electron chi connectivity index (χ3n) is 3.80. The Bertz CT molecular complexity index is 435. The average Bonchev–Trinajstić information content (AvgIpc) is 2.39. The molecule has 1 saturated heterocycles. The van der Waals surface area contributed by atoms with Crippen molar-refractivity contribution in [2.45, 2.75) is 25.6 Å². The molecule has 106 valence electrons. The van der Waals surface area contributed by atoms with Crippen LogP contribution in [0.25, 0.3) is 0 Å². The molecule has 1 aliphatic heterocycles. The Balaban J connectivity index is 2.29. The van der Waals surface area contributed by atoms with Crippen molar-refractivity contribution >= 4 is 0 Å². The van der Waals surface area contributed by atoms with E-state index in [1.54, 1.807) is 6.07 Å². The Kier molecular flexibility index (Phi) is 3.87. The molecule has 1 aromatic rings. The van der Waals surface area contributed by atoms with Crippen LogP contribution in [0.3, 0.4) is 0 Å². The summed E-state index contributed by atoms with van der Waals surface area (Å²) in [7, 11) is 0. The zero-order valence-electron chi connectivity index (χ0n) is 11.2. The first kappa shape index (κ1) is 14.3. The summed E-state index contributed by atoms with van der Waals surface area (Å²) in [6.07, 6.45) is -4.28. The number of nitrogens with one attached hydrogen (secondary N) is 1. The smallest absolute Gasteiger partial charge is 0.314 e. The van der Waals surface area contributed by atoms with Crippen LogP contribution in [0.4, 0.5) is 13.2 Å². The molecular weight excluding hydrogens is 253 g/mol. The van der Waals surface area contributed by atoms with Gasteiger partial charge in [-0.05, 0) is 31.5 Å². The third-order valence-corrected chi connectivity index (χ3v) is 3.80. The maximum Gasteiger partial charge on any atom is 0.416 e. The summed E-state index contributed by atoms with van der Waals surface area (Å²) < 4.78 is 38.3. The predicted octanol–water partition coefficient (Wildman–Crippen LogP) is 2.85. The largest absolute Gasteiger partial charge is 0.416 e. The van der Waals surface area contributed by atoms with E-state index in [4.69, 9.17) is 0 Å². The van der Waals surface area contributed by atoms with Crippen LogP contribution < -0.4 is 5.32 Å². The van der Waals surface area contributed by atoms with Gasteiger partial charge in [0, 0.05) is 31.7 Å². The van der Waals surface area contributed by atoms with Gasteiger partial charge in [-0.2, -0.15) is 13.2 Å². The molecule has 0 spiro atoms. The topological polar surface area (TPSA) is 15.3 Å². The van der Waals surface area contributed by atoms with Crippen LogP contribution >= 0.6 is 0 Å². The van der Waals surface area contributed by atoms with E-state index in [1.165, 1.54) is 12.1 Å². The number of nitrogens with zero attached hydrogens (tertiary/aromatic N) is 1. The second kappa shape index (κ2) is 5.13. The maximum atomic E-state index is 12.8.